The Bertz CT molecular complexity index is 701. The highest BCUT2D eigenvalue weighted by atomic mass is 35.5. The zero-order valence-corrected chi connectivity index (χ0v) is 14.4. The Balaban J connectivity index is 1.73. The van der Waals surface area contributed by atoms with Crippen LogP contribution in [-0.2, 0) is 11.3 Å². The minimum absolute atomic E-state index is 0.216. The molecule has 24 heavy (non-hydrogen) atoms. The third-order valence-corrected chi connectivity index (χ3v) is 4.32. The maximum absolute atomic E-state index is 11.7. The van der Waals surface area contributed by atoms with Gasteiger partial charge in [0.05, 0.1) is 13.2 Å². The summed E-state index contributed by atoms with van der Waals surface area (Å²) < 4.78 is 10.6. The Labute approximate surface area is 146 Å². The number of carbonyl (C=O) groups is 1. The number of furan rings is 1. The lowest BCUT2D eigenvalue weighted by atomic mass is 10.0. The van der Waals surface area contributed by atoms with Gasteiger partial charge >= 0.3 is 5.97 Å². The van der Waals surface area contributed by atoms with Crippen LogP contribution >= 0.6 is 11.6 Å². The van der Waals surface area contributed by atoms with Crippen molar-refractivity contribution < 1.29 is 13.9 Å². The molecule has 128 valence electrons. The largest absolute Gasteiger partial charge is 0.460 e. The highest BCUT2D eigenvalue weighted by Gasteiger charge is 2.25. The molecule has 1 aliphatic heterocycles. The SMILES string of the molecule is CCOC(=O)c1ccc(CN2CCNCC2c2cccc(Cl)c2)o1. The zero-order chi connectivity index (χ0) is 16.9. The van der Waals surface area contributed by atoms with Crippen LogP contribution in [0.2, 0.25) is 5.02 Å². The van der Waals surface area contributed by atoms with Crippen molar-refractivity contribution in [1.29, 1.82) is 0 Å². The van der Waals surface area contributed by atoms with Crippen LogP contribution in [0.3, 0.4) is 0 Å². The summed E-state index contributed by atoms with van der Waals surface area (Å²) in [5.74, 6) is 0.587. The lowest BCUT2D eigenvalue weighted by Gasteiger charge is -2.36. The van der Waals surface area contributed by atoms with Crippen molar-refractivity contribution >= 4 is 17.6 Å². The van der Waals surface area contributed by atoms with Crippen molar-refractivity contribution in [3.8, 4) is 0 Å². The van der Waals surface area contributed by atoms with Crippen LogP contribution in [0.25, 0.3) is 0 Å². The van der Waals surface area contributed by atoms with Crippen molar-refractivity contribution in [2.45, 2.75) is 19.5 Å². The van der Waals surface area contributed by atoms with Gasteiger partial charge in [0, 0.05) is 30.7 Å². The van der Waals surface area contributed by atoms with Gasteiger partial charge in [-0.3, -0.25) is 4.90 Å². The fourth-order valence-electron chi connectivity index (χ4n) is 2.95. The fraction of sp³-hybridized carbons (Fsp3) is 0.389. The molecule has 0 bridgehead atoms. The maximum Gasteiger partial charge on any atom is 0.374 e. The first kappa shape index (κ1) is 17.0. The van der Waals surface area contributed by atoms with Crippen molar-refractivity contribution in [2.24, 2.45) is 0 Å². The summed E-state index contributed by atoms with van der Waals surface area (Å²) >= 11 is 6.13. The summed E-state index contributed by atoms with van der Waals surface area (Å²) in [4.78, 5) is 14.0. The zero-order valence-electron chi connectivity index (χ0n) is 13.6. The molecule has 2 aromatic rings. The van der Waals surface area contributed by atoms with E-state index in [9.17, 15) is 4.79 Å². The molecule has 0 spiro atoms. The number of esters is 1. The second-order valence-electron chi connectivity index (χ2n) is 5.73. The van der Waals surface area contributed by atoms with E-state index in [1.807, 2.05) is 24.3 Å². The summed E-state index contributed by atoms with van der Waals surface area (Å²) in [5, 5.41) is 4.16. The molecule has 1 unspecified atom stereocenters. The van der Waals surface area contributed by atoms with Crippen molar-refractivity contribution in [2.75, 3.05) is 26.2 Å². The summed E-state index contributed by atoms with van der Waals surface area (Å²) in [6.45, 7) is 5.42. The molecule has 6 heteroatoms. The lowest BCUT2D eigenvalue weighted by Crippen LogP contribution is -2.45. The molecule has 1 aromatic heterocycles. The molecule has 5 nitrogen and oxygen atoms in total. The average Bonchev–Trinajstić information content (AvgIpc) is 3.04. The average molecular weight is 349 g/mol. The number of hydrogen-bond acceptors (Lipinski definition) is 5. The molecule has 1 aromatic carbocycles. The molecule has 1 atom stereocenters. The van der Waals surface area contributed by atoms with E-state index in [-0.39, 0.29) is 11.8 Å². The van der Waals surface area contributed by atoms with Gasteiger partial charge in [-0.25, -0.2) is 4.79 Å². The number of benzene rings is 1. The standard InChI is InChI=1S/C18H21ClN2O3/c1-2-23-18(22)17-7-6-15(24-17)12-21-9-8-20-11-16(21)13-4-3-5-14(19)10-13/h3-7,10,16,20H,2,8-9,11-12H2,1H3. The van der Waals surface area contributed by atoms with E-state index in [1.54, 1.807) is 13.0 Å². The summed E-state index contributed by atoms with van der Waals surface area (Å²) in [7, 11) is 0. The van der Waals surface area contributed by atoms with E-state index in [0.29, 0.717) is 13.2 Å². The number of carbonyl (C=O) groups excluding carboxylic acids is 1. The second kappa shape index (κ2) is 7.83. The molecule has 0 radical (unpaired) electrons. The minimum Gasteiger partial charge on any atom is -0.460 e. The monoisotopic (exact) mass is 348 g/mol. The van der Waals surface area contributed by atoms with Crippen LogP contribution in [0.5, 0.6) is 0 Å². The molecular formula is C18H21ClN2O3. The molecule has 1 saturated heterocycles. The molecule has 2 heterocycles. The Morgan fingerprint density at radius 3 is 3.08 bits per heavy atom. The van der Waals surface area contributed by atoms with Crippen LogP contribution < -0.4 is 5.32 Å². The van der Waals surface area contributed by atoms with Crippen LogP contribution in [-0.4, -0.2) is 37.1 Å². The topological polar surface area (TPSA) is 54.7 Å². The summed E-state index contributed by atoms with van der Waals surface area (Å²) in [6, 6.07) is 11.7. The fourth-order valence-corrected chi connectivity index (χ4v) is 3.15. The normalized spacial score (nSPS) is 18.5. The van der Waals surface area contributed by atoms with Gasteiger partial charge in [0.25, 0.3) is 0 Å². The van der Waals surface area contributed by atoms with E-state index >= 15 is 0 Å². The van der Waals surface area contributed by atoms with Gasteiger partial charge in [0.15, 0.2) is 0 Å². The van der Waals surface area contributed by atoms with Crippen molar-refractivity contribution in [3.05, 3.63) is 58.5 Å². The number of halogens is 1. The van der Waals surface area contributed by atoms with E-state index in [0.717, 1.165) is 30.4 Å². The molecule has 0 aliphatic carbocycles. The number of piperazine rings is 1. The Morgan fingerprint density at radius 2 is 2.29 bits per heavy atom. The molecule has 0 saturated carbocycles. The Morgan fingerprint density at radius 1 is 1.42 bits per heavy atom. The first-order chi connectivity index (χ1) is 11.7. The summed E-state index contributed by atoms with van der Waals surface area (Å²) in [6.07, 6.45) is 0. The molecular weight excluding hydrogens is 328 g/mol. The van der Waals surface area contributed by atoms with Gasteiger partial charge in [-0.2, -0.15) is 0 Å². The van der Waals surface area contributed by atoms with Crippen LogP contribution in [0.4, 0.5) is 0 Å². The van der Waals surface area contributed by atoms with E-state index in [1.165, 1.54) is 5.56 Å². The quantitative estimate of drug-likeness (QED) is 0.840. The first-order valence-corrected chi connectivity index (χ1v) is 8.51. The summed E-state index contributed by atoms with van der Waals surface area (Å²) in [5.41, 5.74) is 1.17. The van der Waals surface area contributed by atoms with E-state index in [4.69, 9.17) is 20.8 Å². The number of ether oxygens (including phenoxy) is 1. The van der Waals surface area contributed by atoms with Crippen molar-refractivity contribution in [3.63, 3.8) is 0 Å². The van der Waals surface area contributed by atoms with Gasteiger partial charge in [0.1, 0.15) is 5.76 Å². The first-order valence-electron chi connectivity index (χ1n) is 8.13. The molecule has 3 rings (SSSR count). The number of nitrogens with zero attached hydrogens (tertiary/aromatic N) is 1. The molecule has 1 fully saturated rings. The minimum atomic E-state index is -0.421. The predicted molar refractivity (Wildman–Crippen MR) is 92.1 cm³/mol. The van der Waals surface area contributed by atoms with Gasteiger partial charge in [-0.05, 0) is 36.8 Å². The second-order valence-corrected chi connectivity index (χ2v) is 6.17. The van der Waals surface area contributed by atoms with Crippen LogP contribution in [0.15, 0.2) is 40.8 Å². The maximum atomic E-state index is 11.7. The van der Waals surface area contributed by atoms with Crippen LogP contribution in [0, 0.1) is 0 Å². The molecule has 1 N–H and O–H groups in total. The Hall–Kier alpha value is -1.82. The highest BCUT2D eigenvalue weighted by molar-refractivity contribution is 6.30. The van der Waals surface area contributed by atoms with Crippen molar-refractivity contribution in [1.82, 2.24) is 10.2 Å². The molecule has 1 aliphatic rings. The smallest absolute Gasteiger partial charge is 0.374 e. The van der Waals surface area contributed by atoms with Gasteiger partial charge in [0.2, 0.25) is 5.76 Å². The number of hydrogen-bond donors (Lipinski definition) is 1. The van der Waals surface area contributed by atoms with E-state index in [2.05, 4.69) is 16.3 Å². The number of nitrogens with one attached hydrogen (secondary N) is 1. The Kier molecular flexibility index (Phi) is 5.56. The third kappa shape index (κ3) is 3.98. The van der Waals surface area contributed by atoms with Gasteiger partial charge in [-0.15, -0.1) is 0 Å². The van der Waals surface area contributed by atoms with Gasteiger partial charge < -0.3 is 14.5 Å². The molecule has 0 amide bonds. The lowest BCUT2D eigenvalue weighted by molar-refractivity contribution is 0.0484. The van der Waals surface area contributed by atoms with E-state index < -0.39 is 5.97 Å². The van der Waals surface area contributed by atoms with Gasteiger partial charge in [-0.1, -0.05) is 23.7 Å². The van der Waals surface area contributed by atoms with Crippen LogP contribution in [0.1, 0.15) is 34.8 Å². The predicted octanol–water partition coefficient (Wildman–Crippen LogP) is 3.26. The number of rotatable bonds is 5. The third-order valence-electron chi connectivity index (χ3n) is 4.08. The highest BCUT2D eigenvalue weighted by Crippen LogP contribution is 2.26.